The lowest BCUT2D eigenvalue weighted by Gasteiger charge is -2.01. The van der Waals surface area contributed by atoms with Crippen molar-refractivity contribution >= 4 is 22.6 Å². The molecule has 2 heterocycles. The van der Waals surface area contributed by atoms with Gasteiger partial charge in [-0.3, -0.25) is 4.79 Å². The Kier molecular flexibility index (Phi) is 4.70. The minimum atomic E-state index is -0.536. The molecule has 0 atom stereocenters. The summed E-state index contributed by atoms with van der Waals surface area (Å²) in [6.45, 7) is 0. The number of carbonyl (C=O) groups is 1. The Morgan fingerprint density at radius 2 is 1.73 bits per heavy atom. The number of hydrogen-bond acceptors (Lipinski definition) is 6. The van der Waals surface area contributed by atoms with Crippen molar-refractivity contribution in [2.45, 2.75) is 6.42 Å². The van der Waals surface area contributed by atoms with Crippen LogP contribution in [0.15, 0.2) is 68.9 Å². The molecule has 0 bridgehead atoms. The molecule has 134 valence electrons. The van der Waals surface area contributed by atoms with E-state index in [0.717, 1.165) is 6.07 Å². The molecule has 0 aliphatic carbocycles. The standard InChI is InChI=1S/C10H10N2O2.C9H6O3.H2/c1-12-10(14)6-8(11-12)7-4-2-3-5-9(7)13;10-7-5-9(11)12-8-4-2-1-3-6(7)8;/h2-5,13H,6H2,1H3;1-5,10H;1H/i;;1+1. The quantitative estimate of drug-likeness (QED) is 0.653. The predicted molar refractivity (Wildman–Crippen MR) is 98.3 cm³/mol. The second-order valence-electron chi connectivity index (χ2n) is 5.60. The Hall–Kier alpha value is -3.61. The number of carbonyl (C=O) groups excluding carboxylic acids is 1. The van der Waals surface area contributed by atoms with Crippen molar-refractivity contribution in [1.82, 2.24) is 5.01 Å². The molecule has 1 amide bonds. The van der Waals surface area contributed by atoms with Gasteiger partial charge in [-0.25, -0.2) is 9.80 Å². The number of phenolic OH excluding ortho intramolecular Hbond substituents is 1. The molecule has 2 N–H and O–H groups in total. The van der Waals surface area contributed by atoms with Gasteiger partial charge in [-0.1, -0.05) is 24.3 Å². The highest BCUT2D eigenvalue weighted by molar-refractivity contribution is 6.14. The van der Waals surface area contributed by atoms with E-state index in [1.54, 1.807) is 55.6 Å². The molecule has 2 aromatic carbocycles. The Labute approximate surface area is 149 Å². The van der Waals surface area contributed by atoms with Gasteiger partial charge in [-0.15, -0.1) is 0 Å². The molecule has 0 fully saturated rings. The Morgan fingerprint density at radius 3 is 2.42 bits per heavy atom. The van der Waals surface area contributed by atoms with Crippen molar-refractivity contribution in [1.29, 1.82) is 0 Å². The summed E-state index contributed by atoms with van der Waals surface area (Å²) >= 11 is 0. The summed E-state index contributed by atoms with van der Waals surface area (Å²) in [6.07, 6.45) is 0.258. The summed E-state index contributed by atoms with van der Waals surface area (Å²) in [7, 11) is 1.61. The van der Waals surface area contributed by atoms with Crippen LogP contribution in [0.1, 0.15) is 13.4 Å². The van der Waals surface area contributed by atoms with Crippen LogP contribution in [0.5, 0.6) is 11.5 Å². The van der Waals surface area contributed by atoms with E-state index in [1.165, 1.54) is 5.01 Å². The lowest BCUT2D eigenvalue weighted by molar-refractivity contribution is -0.127. The van der Waals surface area contributed by atoms with Crippen molar-refractivity contribution in [3.63, 3.8) is 0 Å². The topological polar surface area (TPSA) is 103 Å². The van der Waals surface area contributed by atoms with Gasteiger partial charge in [-0.05, 0) is 24.3 Å². The highest BCUT2D eigenvalue weighted by Crippen LogP contribution is 2.22. The second kappa shape index (κ2) is 7.10. The first-order chi connectivity index (χ1) is 12.5. The first-order valence-corrected chi connectivity index (χ1v) is 7.80. The van der Waals surface area contributed by atoms with Crippen LogP contribution in [0, 0.1) is 0 Å². The molecule has 0 radical (unpaired) electrons. The van der Waals surface area contributed by atoms with Gasteiger partial charge in [-0.2, -0.15) is 5.10 Å². The van der Waals surface area contributed by atoms with E-state index in [0.29, 0.717) is 22.2 Å². The fraction of sp³-hybridized carbons (Fsp3) is 0.105. The molecule has 1 aliphatic heterocycles. The molecule has 1 aromatic heterocycles. The maximum atomic E-state index is 11.2. The largest absolute Gasteiger partial charge is 0.507 e. The van der Waals surface area contributed by atoms with E-state index >= 15 is 0 Å². The number of phenols is 1. The Morgan fingerprint density at radius 1 is 1.04 bits per heavy atom. The molecule has 7 nitrogen and oxygen atoms in total. The van der Waals surface area contributed by atoms with Crippen LogP contribution < -0.4 is 5.63 Å². The molecule has 1 aliphatic rings. The first-order valence-electron chi connectivity index (χ1n) is 7.80. The number of benzene rings is 2. The van der Waals surface area contributed by atoms with Gasteiger partial charge in [0.25, 0.3) is 0 Å². The number of amides is 1. The van der Waals surface area contributed by atoms with Gasteiger partial charge in [0.05, 0.1) is 23.6 Å². The van der Waals surface area contributed by atoms with E-state index in [-0.39, 0.29) is 25.3 Å². The van der Waals surface area contributed by atoms with Crippen LogP contribution in [-0.2, 0) is 4.79 Å². The molecule has 3 aromatic rings. The van der Waals surface area contributed by atoms with E-state index in [9.17, 15) is 19.8 Å². The number of nitrogens with zero attached hydrogens (tertiary/aromatic N) is 2. The highest BCUT2D eigenvalue weighted by atomic mass is 16.4. The number of rotatable bonds is 1. The van der Waals surface area contributed by atoms with Gasteiger partial charge in [0.15, 0.2) is 0 Å². The normalized spacial score (nSPS) is 13.3. The van der Waals surface area contributed by atoms with Crippen LogP contribution in [0.4, 0.5) is 0 Å². The fourth-order valence-electron chi connectivity index (χ4n) is 2.49. The van der Waals surface area contributed by atoms with Gasteiger partial charge < -0.3 is 14.6 Å². The average Bonchev–Trinajstić information content (AvgIpc) is 2.94. The van der Waals surface area contributed by atoms with E-state index in [2.05, 4.69) is 5.10 Å². The van der Waals surface area contributed by atoms with Gasteiger partial charge in [0.1, 0.15) is 17.1 Å². The predicted octanol–water partition coefficient (Wildman–Crippen LogP) is 2.70. The van der Waals surface area contributed by atoms with Crippen molar-refractivity contribution in [2.24, 2.45) is 5.10 Å². The SMILES string of the molecule is CN1N=C(c2ccccc2O)CC1=O.O=c1cc(O)c2ccccc2o1.[2HH]. The molecule has 0 spiro atoms. The number of para-hydroxylation sites is 2. The fourth-order valence-corrected chi connectivity index (χ4v) is 2.49. The number of aromatic hydroxyl groups is 2. The molecule has 7 heteroatoms. The third kappa shape index (κ3) is 3.56. The zero-order valence-electron chi connectivity index (χ0n) is 13.9. The summed E-state index contributed by atoms with van der Waals surface area (Å²) in [5, 5.41) is 24.7. The van der Waals surface area contributed by atoms with Crippen molar-refractivity contribution in [3.8, 4) is 11.5 Å². The van der Waals surface area contributed by atoms with Crippen LogP contribution in [-0.4, -0.2) is 33.9 Å². The van der Waals surface area contributed by atoms with E-state index in [4.69, 9.17) is 4.42 Å². The zero-order valence-corrected chi connectivity index (χ0v) is 13.9. The maximum Gasteiger partial charge on any atom is 0.339 e. The van der Waals surface area contributed by atoms with Crippen LogP contribution in [0.2, 0.25) is 0 Å². The van der Waals surface area contributed by atoms with E-state index < -0.39 is 5.63 Å². The summed E-state index contributed by atoms with van der Waals surface area (Å²) < 4.78 is 4.83. The van der Waals surface area contributed by atoms with Gasteiger partial charge in [0.2, 0.25) is 5.91 Å². The maximum absolute atomic E-state index is 11.2. The third-order valence-corrected chi connectivity index (χ3v) is 3.79. The molecule has 0 saturated carbocycles. The molecule has 26 heavy (non-hydrogen) atoms. The summed E-state index contributed by atoms with van der Waals surface area (Å²) in [5.74, 6) is 0.0689. The van der Waals surface area contributed by atoms with Crippen molar-refractivity contribution in [3.05, 3.63) is 70.6 Å². The van der Waals surface area contributed by atoms with Crippen molar-refractivity contribution in [2.75, 3.05) is 7.05 Å². The smallest absolute Gasteiger partial charge is 0.339 e. The van der Waals surface area contributed by atoms with Crippen LogP contribution >= 0.6 is 0 Å². The molecular weight excluding hydrogens is 336 g/mol. The number of hydrazone groups is 1. The van der Waals surface area contributed by atoms with Gasteiger partial charge in [0, 0.05) is 14.0 Å². The number of fused-ring (bicyclic) bond motifs is 1. The lowest BCUT2D eigenvalue weighted by atomic mass is 10.1. The third-order valence-electron chi connectivity index (χ3n) is 3.79. The van der Waals surface area contributed by atoms with E-state index in [1.807, 2.05) is 0 Å². The monoisotopic (exact) mass is 355 g/mol. The van der Waals surface area contributed by atoms with Gasteiger partial charge >= 0.3 is 5.63 Å². The minimum absolute atomic E-state index is 0. The molecule has 4 rings (SSSR count). The number of hydrogen-bond donors (Lipinski definition) is 2. The zero-order chi connectivity index (χ0) is 18.7. The summed E-state index contributed by atoms with van der Waals surface area (Å²) in [4.78, 5) is 22.0. The lowest BCUT2D eigenvalue weighted by Crippen LogP contribution is -2.14. The van der Waals surface area contributed by atoms with Crippen molar-refractivity contribution < 1.29 is 20.9 Å². The Balaban J connectivity index is 0.000000189. The average molecular weight is 355 g/mol. The van der Waals surface area contributed by atoms with Crippen LogP contribution in [0.25, 0.3) is 11.0 Å². The Bertz CT molecular complexity index is 1060. The second-order valence-corrected chi connectivity index (χ2v) is 5.60. The molecule has 0 unspecified atom stereocenters. The molecule has 0 saturated heterocycles. The molecular formula is C19H18N2O5. The highest BCUT2D eigenvalue weighted by Gasteiger charge is 2.22. The van der Waals surface area contributed by atoms with Crippen LogP contribution in [0.3, 0.4) is 0 Å². The summed E-state index contributed by atoms with van der Waals surface area (Å²) in [5.41, 5.74) is 1.12. The first kappa shape index (κ1) is 17.2. The minimum Gasteiger partial charge on any atom is -0.507 e. The summed E-state index contributed by atoms with van der Waals surface area (Å²) in [6, 6.07) is 14.8.